The van der Waals surface area contributed by atoms with Gasteiger partial charge < -0.3 is 4.90 Å². The molecule has 0 bridgehead atoms. The molecule has 0 unspecified atom stereocenters. The minimum absolute atomic E-state index is 0.399. The zero-order valence-electron chi connectivity index (χ0n) is 9.60. The Hall–Kier alpha value is -0.190. The molecule has 0 aromatic carbocycles. The molecule has 2 atom stereocenters. The summed E-state index contributed by atoms with van der Waals surface area (Å²) in [5.74, 6) is 0.765. The second-order valence-electron chi connectivity index (χ2n) is 3.90. The molecule has 0 saturated heterocycles. The summed E-state index contributed by atoms with van der Waals surface area (Å²) in [4.78, 5) is 3.70. The van der Waals surface area contributed by atoms with Crippen molar-refractivity contribution in [3.63, 3.8) is 0 Å². The molecule has 0 N–H and O–H groups in total. The molecule has 2 nitrogen and oxygen atoms in total. The van der Waals surface area contributed by atoms with Gasteiger partial charge in [-0.15, -0.1) is 11.3 Å². The first-order valence-corrected chi connectivity index (χ1v) is 7.73. The van der Waals surface area contributed by atoms with E-state index in [0.29, 0.717) is 6.04 Å². The zero-order valence-corrected chi connectivity index (χ0v) is 11.2. The van der Waals surface area contributed by atoms with Crippen molar-refractivity contribution in [3.05, 3.63) is 22.4 Å². The molecule has 1 heterocycles. The van der Waals surface area contributed by atoms with Crippen LogP contribution in [0.15, 0.2) is 17.5 Å². The van der Waals surface area contributed by atoms with Gasteiger partial charge in [0.2, 0.25) is 0 Å². The van der Waals surface area contributed by atoms with E-state index in [1.807, 2.05) is 0 Å². The van der Waals surface area contributed by atoms with Gasteiger partial charge in [0, 0.05) is 40.3 Å². The Morgan fingerprint density at radius 2 is 2.33 bits per heavy atom. The van der Waals surface area contributed by atoms with E-state index in [2.05, 4.69) is 36.4 Å². The summed E-state index contributed by atoms with van der Waals surface area (Å²) < 4.78 is 11.1. The van der Waals surface area contributed by atoms with E-state index >= 15 is 0 Å². The molecular formula is C11H19NOS2. The Morgan fingerprint density at radius 3 is 2.87 bits per heavy atom. The minimum atomic E-state index is -0.696. The minimum Gasteiger partial charge on any atom is -0.302 e. The van der Waals surface area contributed by atoms with Gasteiger partial charge in [0.1, 0.15) is 0 Å². The number of rotatable bonds is 6. The Bertz CT molecular complexity index is 298. The Morgan fingerprint density at radius 1 is 1.60 bits per heavy atom. The summed E-state index contributed by atoms with van der Waals surface area (Å²) in [5.41, 5.74) is 0. The van der Waals surface area contributed by atoms with Gasteiger partial charge in [-0.1, -0.05) is 6.07 Å². The van der Waals surface area contributed by atoms with E-state index in [0.717, 1.165) is 18.7 Å². The van der Waals surface area contributed by atoms with Crippen molar-refractivity contribution in [3.8, 4) is 0 Å². The molecule has 15 heavy (non-hydrogen) atoms. The first kappa shape index (κ1) is 12.9. The maximum absolute atomic E-state index is 11.1. The van der Waals surface area contributed by atoms with Gasteiger partial charge in [-0.25, -0.2) is 0 Å². The van der Waals surface area contributed by atoms with E-state index in [-0.39, 0.29) is 0 Å². The van der Waals surface area contributed by atoms with Gasteiger partial charge in [0.25, 0.3) is 0 Å². The predicted molar refractivity (Wildman–Crippen MR) is 69.0 cm³/mol. The first-order valence-electron chi connectivity index (χ1n) is 5.12. The van der Waals surface area contributed by atoms with Crippen molar-refractivity contribution in [1.82, 2.24) is 4.90 Å². The summed E-state index contributed by atoms with van der Waals surface area (Å²) >= 11 is 1.80. The van der Waals surface area contributed by atoms with Crippen LogP contribution in [0.2, 0.25) is 0 Å². The van der Waals surface area contributed by atoms with Crippen molar-refractivity contribution in [2.45, 2.75) is 19.4 Å². The molecule has 0 aliphatic carbocycles. The predicted octanol–water partition coefficient (Wildman–Crippen LogP) is 1.99. The van der Waals surface area contributed by atoms with Crippen LogP contribution in [0, 0.1) is 0 Å². The van der Waals surface area contributed by atoms with Crippen LogP contribution in [-0.2, 0) is 17.2 Å². The van der Waals surface area contributed by atoms with Gasteiger partial charge >= 0.3 is 0 Å². The molecule has 0 aliphatic rings. The summed E-state index contributed by atoms with van der Waals surface area (Å²) in [6, 6.07) is 4.65. The largest absolute Gasteiger partial charge is 0.302 e. The van der Waals surface area contributed by atoms with Gasteiger partial charge in [-0.3, -0.25) is 4.21 Å². The summed E-state index contributed by atoms with van der Waals surface area (Å²) in [6.07, 6.45) is 2.86. The second-order valence-corrected chi connectivity index (χ2v) is 6.41. The first-order chi connectivity index (χ1) is 7.09. The third-order valence-corrected chi connectivity index (χ3v) is 4.41. The van der Waals surface area contributed by atoms with Crippen LogP contribution in [0.25, 0.3) is 0 Å². The number of hydrogen-bond acceptors (Lipinski definition) is 3. The smallest absolute Gasteiger partial charge is 0.0385 e. The molecule has 1 aromatic rings. The lowest BCUT2D eigenvalue weighted by molar-refractivity contribution is 0.281. The average Bonchev–Trinajstić information content (AvgIpc) is 2.65. The highest BCUT2D eigenvalue weighted by molar-refractivity contribution is 7.84. The number of hydrogen-bond donors (Lipinski definition) is 0. The quantitative estimate of drug-likeness (QED) is 0.764. The number of nitrogens with zero attached hydrogens (tertiary/aromatic N) is 1. The SMILES string of the molecule is C[C@@H](C[S@@](C)=O)N(C)CCc1cccs1. The third-order valence-electron chi connectivity index (χ3n) is 2.52. The van der Waals surface area contributed by atoms with E-state index in [1.54, 1.807) is 17.6 Å². The second kappa shape index (κ2) is 6.40. The Kier molecular flexibility index (Phi) is 5.50. The molecule has 1 aromatic heterocycles. The highest BCUT2D eigenvalue weighted by Crippen LogP contribution is 2.10. The van der Waals surface area contributed by atoms with E-state index < -0.39 is 10.8 Å². The summed E-state index contributed by atoms with van der Waals surface area (Å²) in [7, 11) is 1.41. The fourth-order valence-corrected chi connectivity index (χ4v) is 3.06. The standard InChI is InChI=1S/C11H19NOS2/c1-10(9-15(3)13)12(2)7-6-11-5-4-8-14-11/h4-5,8,10H,6-7,9H2,1-3H3/t10-,15+/m0/s1. The molecule has 1 rings (SSSR count). The van der Waals surface area contributed by atoms with Crippen LogP contribution in [0.5, 0.6) is 0 Å². The fraction of sp³-hybridized carbons (Fsp3) is 0.636. The summed E-state index contributed by atoms with van der Waals surface area (Å²) in [5, 5.41) is 2.11. The molecule has 0 amide bonds. The number of thiophene rings is 1. The van der Waals surface area contributed by atoms with Crippen LogP contribution < -0.4 is 0 Å². The molecule has 0 spiro atoms. The molecule has 0 aliphatic heterocycles. The molecule has 0 saturated carbocycles. The van der Waals surface area contributed by atoms with Crippen molar-refractivity contribution < 1.29 is 4.21 Å². The van der Waals surface area contributed by atoms with Crippen LogP contribution in [0.3, 0.4) is 0 Å². The maximum atomic E-state index is 11.1. The highest BCUT2D eigenvalue weighted by atomic mass is 32.2. The molecule has 86 valence electrons. The van der Waals surface area contributed by atoms with E-state index in [4.69, 9.17) is 0 Å². The van der Waals surface area contributed by atoms with Crippen LogP contribution in [0.1, 0.15) is 11.8 Å². The van der Waals surface area contributed by atoms with Crippen LogP contribution >= 0.6 is 11.3 Å². The topological polar surface area (TPSA) is 20.3 Å². The molecular weight excluding hydrogens is 226 g/mol. The monoisotopic (exact) mass is 245 g/mol. The lowest BCUT2D eigenvalue weighted by Gasteiger charge is -2.23. The van der Waals surface area contributed by atoms with Crippen molar-refractivity contribution in [2.75, 3.05) is 25.6 Å². The van der Waals surface area contributed by atoms with Crippen LogP contribution in [0.4, 0.5) is 0 Å². The molecule has 0 fully saturated rings. The van der Waals surface area contributed by atoms with E-state index in [1.165, 1.54) is 4.88 Å². The van der Waals surface area contributed by atoms with Crippen molar-refractivity contribution in [1.29, 1.82) is 0 Å². The van der Waals surface area contributed by atoms with Crippen LogP contribution in [-0.4, -0.2) is 40.8 Å². The lowest BCUT2D eigenvalue weighted by atomic mass is 10.3. The van der Waals surface area contributed by atoms with Gasteiger partial charge in [-0.2, -0.15) is 0 Å². The Balaban J connectivity index is 2.29. The summed E-state index contributed by atoms with van der Waals surface area (Å²) in [6.45, 7) is 3.18. The zero-order chi connectivity index (χ0) is 11.3. The van der Waals surface area contributed by atoms with Crippen molar-refractivity contribution in [2.24, 2.45) is 0 Å². The van der Waals surface area contributed by atoms with Gasteiger partial charge in [-0.05, 0) is 31.8 Å². The molecule has 0 radical (unpaired) electrons. The molecule has 4 heteroatoms. The van der Waals surface area contributed by atoms with Gasteiger partial charge in [0.15, 0.2) is 0 Å². The Labute approximate surface area is 98.8 Å². The average molecular weight is 245 g/mol. The fourth-order valence-electron chi connectivity index (χ4n) is 1.43. The van der Waals surface area contributed by atoms with E-state index in [9.17, 15) is 4.21 Å². The van der Waals surface area contributed by atoms with Gasteiger partial charge in [0.05, 0.1) is 0 Å². The maximum Gasteiger partial charge on any atom is 0.0385 e. The van der Waals surface area contributed by atoms with Crippen molar-refractivity contribution >= 4 is 22.1 Å². The number of likely N-dealkylation sites (N-methyl/N-ethyl adjacent to an activating group) is 1. The lowest BCUT2D eigenvalue weighted by Crippen LogP contribution is -2.34. The normalized spacial score (nSPS) is 15.5. The highest BCUT2D eigenvalue weighted by Gasteiger charge is 2.10. The third kappa shape index (κ3) is 4.91.